The second-order valence-electron chi connectivity index (χ2n) is 8.85. The maximum atomic E-state index is 13.1. The van der Waals surface area contributed by atoms with E-state index in [0.717, 1.165) is 50.9 Å². The smallest absolute Gasteiger partial charge is 0.319 e. The second-order valence-corrected chi connectivity index (χ2v) is 8.85. The van der Waals surface area contributed by atoms with Crippen LogP contribution in [0.5, 0.6) is 0 Å². The molecule has 1 heterocycles. The van der Waals surface area contributed by atoms with E-state index in [1.54, 1.807) is 0 Å². The molecule has 0 spiro atoms. The second kappa shape index (κ2) is 11.0. The number of rotatable bonds is 7. The monoisotopic (exact) mass is 434 g/mol. The van der Waals surface area contributed by atoms with Crippen molar-refractivity contribution in [1.82, 2.24) is 10.6 Å². The summed E-state index contributed by atoms with van der Waals surface area (Å²) in [5.74, 6) is -0.0980. The molecular weight excluding hydrogens is 400 g/mol. The molecule has 0 bridgehead atoms. The Morgan fingerprint density at radius 3 is 2.41 bits per heavy atom. The Hall–Kier alpha value is -3.02. The van der Waals surface area contributed by atoms with Crippen LogP contribution in [0.2, 0.25) is 0 Å². The maximum Gasteiger partial charge on any atom is 0.319 e. The lowest BCUT2D eigenvalue weighted by Gasteiger charge is -2.24. The number of anilines is 2. The number of carbonyl (C=O) groups excluding carboxylic acids is 2. The predicted molar refractivity (Wildman–Crippen MR) is 129 cm³/mol. The molecule has 0 aromatic heterocycles. The van der Waals surface area contributed by atoms with Gasteiger partial charge >= 0.3 is 6.03 Å². The molecule has 1 saturated carbocycles. The largest absolute Gasteiger partial charge is 0.371 e. The summed E-state index contributed by atoms with van der Waals surface area (Å²) >= 11 is 0. The van der Waals surface area contributed by atoms with Gasteiger partial charge in [0.15, 0.2) is 0 Å². The van der Waals surface area contributed by atoms with Crippen molar-refractivity contribution in [3.05, 3.63) is 59.7 Å². The Balaban J connectivity index is 1.42. The molecule has 6 heteroatoms. The van der Waals surface area contributed by atoms with Gasteiger partial charge in [-0.1, -0.05) is 49.6 Å². The molecule has 170 valence electrons. The van der Waals surface area contributed by atoms with Crippen LogP contribution in [-0.4, -0.2) is 37.6 Å². The summed E-state index contributed by atoms with van der Waals surface area (Å²) in [7, 11) is 0. The number of amides is 3. The highest BCUT2D eigenvalue weighted by Gasteiger charge is 2.21. The van der Waals surface area contributed by atoms with Crippen molar-refractivity contribution in [3.8, 4) is 0 Å². The quantitative estimate of drug-likeness (QED) is 0.591. The van der Waals surface area contributed by atoms with Crippen LogP contribution in [-0.2, 0) is 6.42 Å². The van der Waals surface area contributed by atoms with Gasteiger partial charge in [0.2, 0.25) is 0 Å². The van der Waals surface area contributed by atoms with E-state index >= 15 is 0 Å². The predicted octanol–water partition coefficient (Wildman–Crippen LogP) is 4.71. The fraction of sp³-hybridized carbons (Fsp3) is 0.462. The molecule has 2 fully saturated rings. The lowest BCUT2D eigenvalue weighted by atomic mass is 9.96. The number of nitrogens with one attached hydrogen (secondary N) is 3. The zero-order valence-corrected chi connectivity index (χ0v) is 18.7. The number of urea groups is 1. The first-order chi connectivity index (χ1) is 15.7. The van der Waals surface area contributed by atoms with Crippen LogP contribution in [0.15, 0.2) is 48.5 Å². The van der Waals surface area contributed by atoms with Crippen molar-refractivity contribution < 1.29 is 9.59 Å². The summed E-state index contributed by atoms with van der Waals surface area (Å²) in [4.78, 5) is 27.9. The Labute approximate surface area is 190 Å². The first-order valence-electron chi connectivity index (χ1n) is 12.0. The lowest BCUT2D eigenvalue weighted by molar-refractivity contribution is 0.0954. The van der Waals surface area contributed by atoms with Gasteiger partial charge in [-0.05, 0) is 55.9 Å². The highest BCUT2D eigenvalue weighted by molar-refractivity contribution is 6.02. The molecule has 0 radical (unpaired) electrons. The van der Waals surface area contributed by atoms with Crippen LogP contribution >= 0.6 is 0 Å². The summed E-state index contributed by atoms with van der Waals surface area (Å²) in [5, 5.41) is 9.08. The van der Waals surface area contributed by atoms with Gasteiger partial charge in [0, 0.05) is 37.1 Å². The highest BCUT2D eigenvalue weighted by Crippen LogP contribution is 2.28. The van der Waals surface area contributed by atoms with Gasteiger partial charge in [-0.25, -0.2) is 4.79 Å². The van der Waals surface area contributed by atoms with Crippen LogP contribution in [0.3, 0.4) is 0 Å². The lowest BCUT2D eigenvalue weighted by Crippen LogP contribution is -2.39. The minimum atomic E-state index is -0.193. The Kier molecular flexibility index (Phi) is 7.64. The maximum absolute atomic E-state index is 13.1. The van der Waals surface area contributed by atoms with E-state index in [2.05, 4.69) is 33.0 Å². The fourth-order valence-electron chi connectivity index (χ4n) is 4.69. The van der Waals surface area contributed by atoms with Gasteiger partial charge in [-0.15, -0.1) is 0 Å². The molecule has 3 amide bonds. The average Bonchev–Trinajstić information content (AvgIpc) is 3.35. The van der Waals surface area contributed by atoms with Crippen LogP contribution in [0.4, 0.5) is 16.2 Å². The Morgan fingerprint density at radius 1 is 0.906 bits per heavy atom. The molecular formula is C26H34N4O2. The summed E-state index contributed by atoms with van der Waals surface area (Å²) in [6.45, 7) is 2.49. The van der Waals surface area contributed by atoms with Crippen molar-refractivity contribution in [2.45, 2.75) is 57.4 Å². The molecule has 3 N–H and O–H groups in total. The van der Waals surface area contributed by atoms with E-state index in [4.69, 9.17) is 0 Å². The van der Waals surface area contributed by atoms with Crippen molar-refractivity contribution in [1.29, 1.82) is 0 Å². The van der Waals surface area contributed by atoms with Crippen molar-refractivity contribution in [2.24, 2.45) is 0 Å². The minimum Gasteiger partial charge on any atom is -0.371 e. The van der Waals surface area contributed by atoms with Gasteiger partial charge in [0.25, 0.3) is 5.91 Å². The number of benzene rings is 2. The zero-order valence-electron chi connectivity index (χ0n) is 18.7. The standard InChI is InChI=1S/C26H34N4O2/c31-25(27-16-15-20-9-3-1-4-10-20)23-19-22(13-14-24(23)30-17-7-8-18-30)29-26(32)28-21-11-5-2-6-12-21/h1,3-4,9-10,13-14,19,21H,2,5-8,11-12,15-18H2,(H,27,31)(H2,28,29,32). The van der Waals surface area contributed by atoms with Crippen LogP contribution in [0, 0.1) is 0 Å². The fourth-order valence-corrected chi connectivity index (χ4v) is 4.69. The highest BCUT2D eigenvalue weighted by atomic mass is 16.2. The SMILES string of the molecule is O=C(Nc1ccc(N2CCCC2)c(C(=O)NCCc2ccccc2)c1)NC1CCCCC1. The summed E-state index contributed by atoms with van der Waals surface area (Å²) in [6, 6.07) is 15.9. The Morgan fingerprint density at radius 2 is 1.66 bits per heavy atom. The molecule has 2 aromatic carbocycles. The number of carbonyl (C=O) groups is 2. The van der Waals surface area contributed by atoms with Gasteiger partial charge in [-0.3, -0.25) is 4.79 Å². The molecule has 32 heavy (non-hydrogen) atoms. The van der Waals surface area contributed by atoms with Gasteiger partial charge in [0.05, 0.1) is 5.56 Å². The van der Waals surface area contributed by atoms with E-state index in [0.29, 0.717) is 17.8 Å². The van der Waals surface area contributed by atoms with E-state index in [9.17, 15) is 9.59 Å². The number of nitrogens with zero attached hydrogens (tertiary/aromatic N) is 1. The third-order valence-corrected chi connectivity index (χ3v) is 6.43. The summed E-state index contributed by atoms with van der Waals surface area (Å²) in [6.07, 6.45) is 8.73. The molecule has 1 aliphatic carbocycles. The Bertz CT molecular complexity index is 903. The average molecular weight is 435 g/mol. The first kappa shape index (κ1) is 22.2. The van der Waals surface area contributed by atoms with E-state index < -0.39 is 0 Å². The van der Waals surface area contributed by atoms with Crippen LogP contribution < -0.4 is 20.9 Å². The van der Waals surface area contributed by atoms with Gasteiger partial charge in [0.1, 0.15) is 0 Å². The van der Waals surface area contributed by atoms with Crippen molar-refractivity contribution in [3.63, 3.8) is 0 Å². The van der Waals surface area contributed by atoms with E-state index in [1.165, 1.54) is 24.8 Å². The molecule has 1 aliphatic heterocycles. The minimum absolute atomic E-state index is 0.0980. The molecule has 4 rings (SSSR count). The molecule has 2 aromatic rings. The third-order valence-electron chi connectivity index (χ3n) is 6.43. The summed E-state index contributed by atoms with van der Waals surface area (Å²) < 4.78 is 0. The first-order valence-corrected chi connectivity index (χ1v) is 12.0. The molecule has 0 unspecified atom stereocenters. The van der Waals surface area contributed by atoms with Gasteiger partial charge < -0.3 is 20.9 Å². The van der Waals surface area contributed by atoms with E-state index in [1.807, 2.05) is 36.4 Å². The van der Waals surface area contributed by atoms with Gasteiger partial charge in [-0.2, -0.15) is 0 Å². The topological polar surface area (TPSA) is 73.5 Å². The molecule has 0 atom stereocenters. The zero-order chi connectivity index (χ0) is 22.2. The van der Waals surface area contributed by atoms with Crippen molar-refractivity contribution >= 4 is 23.3 Å². The van der Waals surface area contributed by atoms with Crippen molar-refractivity contribution in [2.75, 3.05) is 29.9 Å². The normalized spacial score (nSPS) is 16.6. The van der Waals surface area contributed by atoms with Crippen LogP contribution in [0.25, 0.3) is 0 Å². The molecule has 6 nitrogen and oxygen atoms in total. The van der Waals surface area contributed by atoms with E-state index in [-0.39, 0.29) is 18.0 Å². The molecule has 1 saturated heterocycles. The van der Waals surface area contributed by atoms with Crippen LogP contribution in [0.1, 0.15) is 60.9 Å². The summed E-state index contributed by atoms with van der Waals surface area (Å²) in [5.41, 5.74) is 3.41. The molecule has 2 aliphatic rings. The third kappa shape index (κ3) is 6.02. The number of hydrogen-bond acceptors (Lipinski definition) is 3. The number of hydrogen-bond donors (Lipinski definition) is 3.